The average molecular weight is 273 g/mol. The van der Waals surface area contributed by atoms with Gasteiger partial charge in [-0.25, -0.2) is 0 Å². The highest BCUT2D eigenvalue weighted by Gasteiger charge is 2.21. The van der Waals surface area contributed by atoms with Crippen LogP contribution in [0.3, 0.4) is 0 Å². The molecule has 2 rings (SSSR count). The van der Waals surface area contributed by atoms with Crippen LogP contribution < -0.4 is 9.64 Å². The lowest BCUT2D eigenvalue weighted by Crippen LogP contribution is -2.37. The molecule has 1 aromatic heterocycles. The predicted molar refractivity (Wildman–Crippen MR) is 68.3 cm³/mol. The Morgan fingerprint density at radius 1 is 1.28 bits per heavy atom. The van der Waals surface area contributed by atoms with Crippen molar-refractivity contribution < 1.29 is 9.47 Å². The summed E-state index contributed by atoms with van der Waals surface area (Å²) < 4.78 is 10.6. The van der Waals surface area contributed by atoms with E-state index in [0.717, 1.165) is 25.9 Å². The second-order valence-corrected chi connectivity index (χ2v) is 4.38. The van der Waals surface area contributed by atoms with Gasteiger partial charge in [0, 0.05) is 20.2 Å². The lowest BCUT2D eigenvalue weighted by Gasteiger charge is -2.31. The molecule has 1 aliphatic heterocycles. The summed E-state index contributed by atoms with van der Waals surface area (Å²) in [4.78, 5) is 14.4. The lowest BCUT2D eigenvalue weighted by molar-refractivity contribution is 0.0816. The second kappa shape index (κ2) is 6.15. The third-order valence-electron chi connectivity index (χ3n) is 2.91. The van der Waals surface area contributed by atoms with Gasteiger partial charge in [0.25, 0.3) is 0 Å². The quantitative estimate of drug-likeness (QED) is 0.829. The van der Waals surface area contributed by atoms with E-state index in [9.17, 15) is 0 Å². The van der Waals surface area contributed by atoms with Crippen molar-refractivity contribution in [2.75, 3.05) is 31.7 Å². The normalized spacial score (nSPS) is 16.9. The van der Waals surface area contributed by atoms with Gasteiger partial charge in [-0.3, -0.25) is 0 Å². The molecule has 7 heteroatoms. The fraction of sp³-hybridized carbons (Fsp3) is 0.727. The van der Waals surface area contributed by atoms with E-state index in [1.807, 2.05) is 6.92 Å². The van der Waals surface area contributed by atoms with Crippen molar-refractivity contribution in [2.45, 2.75) is 25.9 Å². The Balaban J connectivity index is 2.08. The van der Waals surface area contributed by atoms with E-state index >= 15 is 0 Å². The number of piperidine rings is 1. The summed E-state index contributed by atoms with van der Waals surface area (Å²) in [6, 6.07) is 0.279. The number of rotatable bonds is 4. The fourth-order valence-electron chi connectivity index (χ4n) is 1.95. The van der Waals surface area contributed by atoms with Gasteiger partial charge in [0.15, 0.2) is 0 Å². The van der Waals surface area contributed by atoms with Crippen LogP contribution >= 0.6 is 11.6 Å². The molecule has 0 spiro atoms. The Kier molecular flexibility index (Phi) is 4.54. The van der Waals surface area contributed by atoms with Gasteiger partial charge >= 0.3 is 6.01 Å². The molecule has 0 aromatic carbocycles. The maximum absolute atomic E-state index is 5.87. The molecule has 0 saturated carbocycles. The summed E-state index contributed by atoms with van der Waals surface area (Å²) in [5.41, 5.74) is 0. The number of nitrogens with zero attached hydrogens (tertiary/aromatic N) is 4. The molecule has 6 nitrogen and oxygen atoms in total. The van der Waals surface area contributed by atoms with Crippen molar-refractivity contribution in [3.8, 4) is 6.01 Å². The highest BCUT2D eigenvalue weighted by Crippen LogP contribution is 2.20. The molecule has 2 heterocycles. The molecule has 1 aromatic rings. The summed E-state index contributed by atoms with van der Waals surface area (Å²) in [5, 5.41) is 0.164. The summed E-state index contributed by atoms with van der Waals surface area (Å²) in [7, 11) is 1.74. The zero-order chi connectivity index (χ0) is 13.0. The molecule has 0 bridgehead atoms. The van der Waals surface area contributed by atoms with E-state index in [2.05, 4.69) is 19.9 Å². The zero-order valence-corrected chi connectivity index (χ0v) is 11.4. The predicted octanol–water partition coefficient (Wildman–Crippen LogP) is 1.54. The van der Waals surface area contributed by atoms with E-state index in [0.29, 0.717) is 18.7 Å². The summed E-state index contributed by atoms with van der Waals surface area (Å²) in [5.74, 6) is 0.577. The average Bonchev–Trinajstić information content (AvgIpc) is 2.38. The molecule has 1 aliphatic rings. The molecule has 0 atom stereocenters. The first kappa shape index (κ1) is 13.3. The van der Waals surface area contributed by atoms with Gasteiger partial charge in [0.1, 0.15) is 0 Å². The standard InChI is InChI=1S/C11H17ClN4O2/c1-3-18-11-14-9(12)13-10(15-11)16-6-4-8(17-2)5-7-16/h8H,3-7H2,1-2H3. The van der Waals surface area contributed by atoms with Crippen LogP contribution in [0.5, 0.6) is 6.01 Å². The van der Waals surface area contributed by atoms with Crippen LogP contribution in [-0.2, 0) is 4.74 Å². The second-order valence-electron chi connectivity index (χ2n) is 4.04. The molecule has 0 unspecified atom stereocenters. The van der Waals surface area contributed by atoms with Crippen LogP contribution in [0, 0.1) is 0 Å². The van der Waals surface area contributed by atoms with E-state index in [4.69, 9.17) is 21.1 Å². The van der Waals surface area contributed by atoms with E-state index in [1.165, 1.54) is 0 Å². The summed E-state index contributed by atoms with van der Waals surface area (Å²) in [6.45, 7) is 4.09. The number of methoxy groups -OCH3 is 1. The number of ether oxygens (including phenoxy) is 2. The van der Waals surface area contributed by atoms with Crippen LogP contribution in [0.4, 0.5) is 5.95 Å². The molecule has 0 aliphatic carbocycles. The largest absolute Gasteiger partial charge is 0.464 e. The molecule has 0 amide bonds. The monoisotopic (exact) mass is 272 g/mol. The highest BCUT2D eigenvalue weighted by molar-refractivity contribution is 6.28. The topological polar surface area (TPSA) is 60.4 Å². The van der Waals surface area contributed by atoms with Crippen LogP contribution in [0.25, 0.3) is 0 Å². The molecule has 100 valence electrons. The van der Waals surface area contributed by atoms with E-state index < -0.39 is 0 Å². The number of hydrogen-bond donors (Lipinski definition) is 0. The molecule has 1 saturated heterocycles. The minimum Gasteiger partial charge on any atom is -0.464 e. The highest BCUT2D eigenvalue weighted by atomic mass is 35.5. The van der Waals surface area contributed by atoms with Crippen LogP contribution in [0.2, 0.25) is 5.28 Å². The minimum absolute atomic E-state index is 0.164. The molecule has 18 heavy (non-hydrogen) atoms. The first-order valence-electron chi connectivity index (χ1n) is 6.05. The van der Waals surface area contributed by atoms with Gasteiger partial charge in [-0.1, -0.05) is 0 Å². The molecular formula is C11H17ClN4O2. The van der Waals surface area contributed by atoms with Gasteiger partial charge in [-0.15, -0.1) is 0 Å². The number of hydrogen-bond acceptors (Lipinski definition) is 6. The molecule has 0 N–H and O–H groups in total. The van der Waals surface area contributed by atoms with Crippen LogP contribution in [-0.4, -0.2) is 47.9 Å². The van der Waals surface area contributed by atoms with E-state index in [1.54, 1.807) is 7.11 Å². The third kappa shape index (κ3) is 3.20. The first-order chi connectivity index (χ1) is 8.72. The third-order valence-corrected chi connectivity index (χ3v) is 3.08. The molecule has 1 fully saturated rings. The number of anilines is 1. The lowest BCUT2D eigenvalue weighted by atomic mass is 10.1. The van der Waals surface area contributed by atoms with Crippen molar-refractivity contribution in [3.05, 3.63) is 5.28 Å². The van der Waals surface area contributed by atoms with Crippen molar-refractivity contribution >= 4 is 17.5 Å². The maximum Gasteiger partial charge on any atom is 0.322 e. The van der Waals surface area contributed by atoms with Crippen LogP contribution in [0.1, 0.15) is 19.8 Å². The zero-order valence-electron chi connectivity index (χ0n) is 10.6. The Morgan fingerprint density at radius 3 is 2.61 bits per heavy atom. The first-order valence-corrected chi connectivity index (χ1v) is 6.43. The Hall–Kier alpha value is -1.14. The Morgan fingerprint density at radius 2 is 2.00 bits per heavy atom. The molecular weight excluding hydrogens is 256 g/mol. The van der Waals surface area contributed by atoms with Crippen molar-refractivity contribution in [1.82, 2.24) is 15.0 Å². The maximum atomic E-state index is 5.87. The fourth-order valence-corrected chi connectivity index (χ4v) is 2.10. The smallest absolute Gasteiger partial charge is 0.322 e. The number of aromatic nitrogens is 3. The van der Waals surface area contributed by atoms with Crippen molar-refractivity contribution in [3.63, 3.8) is 0 Å². The Labute approximate surface area is 111 Å². The van der Waals surface area contributed by atoms with Gasteiger partial charge in [0.05, 0.1) is 12.7 Å². The summed E-state index contributed by atoms with van der Waals surface area (Å²) >= 11 is 5.87. The Bertz CT molecular complexity index is 397. The molecule has 0 radical (unpaired) electrons. The minimum atomic E-state index is 0.164. The van der Waals surface area contributed by atoms with E-state index in [-0.39, 0.29) is 11.3 Å². The summed E-state index contributed by atoms with van der Waals surface area (Å²) in [6.07, 6.45) is 2.25. The van der Waals surface area contributed by atoms with Gasteiger partial charge in [-0.05, 0) is 31.4 Å². The number of halogens is 1. The van der Waals surface area contributed by atoms with Gasteiger partial charge in [-0.2, -0.15) is 15.0 Å². The SMILES string of the molecule is CCOc1nc(Cl)nc(N2CCC(OC)CC2)n1. The van der Waals surface area contributed by atoms with Crippen LogP contribution in [0.15, 0.2) is 0 Å². The van der Waals surface area contributed by atoms with Gasteiger partial charge in [0.2, 0.25) is 11.2 Å². The van der Waals surface area contributed by atoms with Gasteiger partial charge < -0.3 is 14.4 Å². The van der Waals surface area contributed by atoms with Crippen molar-refractivity contribution in [1.29, 1.82) is 0 Å². The van der Waals surface area contributed by atoms with Crippen molar-refractivity contribution in [2.24, 2.45) is 0 Å².